The maximum atomic E-state index is 11.8. The second-order valence-corrected chi connectivity index (χ2v) is 7.68. The van der Waals surface area contributed by atoms with E-state index in [9.17, 15) is 22.8 Å². The van der Waals surface area contributed by atoms with Crippen LogP contribution in [0.4, 0.5) is 5.69 Å². The molecule has 0 bridgehead atoms. The standard InChI is InChI=1S/C15H15N3O6S2/c1-17-14(20)9-2-4-11(5-3-9)18-12(19)7-24-15(21)10-6-13(25-8-10)26(16,22)23/h2-6,8H,7H2,1H3,(H,17,20)(H,18,19)(H2,16,22,23). The van der Waals surface area contributed by atoms with Crippen molar-refractivity contribution in [3.63, 3.8) is 0 Å². The van der Waals surface area contributed by atoms with Gasteiger partial charge in [0, 0.05) is 23.7 Å². The van der Waals surface area contributed by atoms with E-state index in [1.165, 1.54) is 36.7 Å². The lowest BCUT2D eigenvalue weighted by Crippen LogP contribution is -2.21. The van der Waals surface area contributed by atoms with E-state index < -0.39 is 28.5 Å². The molecule has 2 amide bonds. The zero-order valence-electron chi connectivity index (χ0n) is 13.5. The lowest BCUT2D eigenvalue weighted by molar-refractivity contribution is -0.119. The average molecular weight is 397 g/mol. The van der Waals surface area contributed by atoms with Gasteiger partial charge in [0.25, 0.3) is 11.8 Å². The van der Waals surface area contributed by atoms with Crippen LogP contribution in [0.2, 0.25) is 0 Å². The number of esters is 1. The van der Waals surface area contributed by atoms with Gasteiger partial charge in [-0.3, -0.25) is 9.59 Å². The zero-order chi connectivity index (χ0) is 19.3. The summed E-state index contributed by atoms with van der Waals surface area (Å²) in [5, 5.41) is 11.2. The maximum Gasteiger partial charge on any atom is 0.339 e. The van der Waals surface area contributed by atoms with Gasteiger partial charge in [0.1, 0.15) is 4.21 Å². The molecule has 0 aliphatic carbocycles. The Morgan fingerprint density at radius 2 is 1.81 bits per heavy atom. The molecule has 1 aromatic carbocycles. The van der Waals surface area contributed by atoms with Gasteiger partial charge in [-0.25, -0.2) is 18.4 Å². The van der Waals surface area contributed by atoms with Crippen LogP contribution >= 0.6 is 11.3 Å². The van der Waals surface area contributed by atoms with Crippen molar-refractivity contribution in [1.29, 1.82) is 0 Å². The lowest BCUT2D eigenvalue weighted by atomic mass is 10.2. The molecule has 4 N–H and O–H groups in total. The predicted octanol–water partition coefficient (Wildman–Crippen LogP) is 0.551. The maximum absolute atomic E-state index is 11.8. The molecule has 0 aliphatic rings. The van der Waals surface area contributed by atoms with E-state index in [0.717, 1.165) is 17.4 Å². The molecule has 0 saturated carbocycles. The number of hydrogen-bond acceptors (Lipinski definition) is 7. The number of anilines is 1. The first-order valence-electron chi connectivity index (χ1n) is 7.11. The molecule has 11 heteroatoms. The van der Waals surface area contributed by atoms with Crippen LogP contribution in [0.5, 0.6) is 0 Å². The molecule has 138 valence electrons. The Morgan fingerprint density at radius 3 is 2.35 bits per heavy atom. The molecule has 0 radical (unpaired) electrons. The first-order valence-corrected chi connectivity index (χ1v) is 9.54. The fourth-order valence-corrected chi connectivity index (χ4v) is 3.41. The Labute approximate surface area is 153 Å². The number of thiophene rings is 1. The van der Waals surface area contributed by atoms with Gasteiger partial charge in [-0.15, -0.1) is 11.3 Å². The van der Waals surface area contributed by atoms with Crippen molar-refractivity contribution in [2.24, 2.45) is 5.14 Å². The molecule has 0 atom stereocenters. The topological polar surface area (TPSA) is 145 Å². The highest BCUT2D eigenvalue weighted by atomic mass is 32.2. The second-order valence-electron chi connectivity index (χ2n) is 4.98. The number of benzene rings is 1. The highest BCUT2D eigenvalue weighted by Gasteiger charge is 2.17. The van der Waals surface area contributed by atoms with Gasteiger partial charge in [0.15, 0.2) is 6.61 Å². The minimum Gasteiger partial charge on any atom is -0.452 e. The van der Waals surface area contributed by atoms with Crippen molar-refractivity contribution in [2.45, 2.75) is 4.21 Å². The minimum absolute atomic E-state index is 0.0123. The third-order valence-electron chi connectivity index (χ3n) is 3.08. The number of ether oxygens (including phenoxy) is 1. The van der Waals surface area contributed by atoms with Crippen molar-refractivity contribution in [3.8, 4) is 0 Å². The Morgan fingerprint density at radius 1 is 1.15 bits per heavy atom. The van der Waals surface area contributed by atoms with Gasteiger partial charge in [-0.1, -0.05) is 0 Å². The fourth-order valence-electron chi connectivity index (χ4n) is 1.83. The lowest BCUT2D eigenvalue weighted by Gasteiger charge is -2.07. The van der Waals surface area contributed by atoms with Crippen LogP contribution < -0.4 is 15.8 Å². The number of hydrogen-bond donors (Lipinski definition) is 3. The molecule has 2 rings (SSSR count). The largest absolute Gasteiger partial charge is 0.452 e. The molecule has 1 heterocycles. The van der Waals surface area contributed by atoms with E-state index in [-0.39, 0.29) is 15.7 Å². The molecular weight excluding hydrogens is 382 g/mol. The summed E-state index contributed by atoms with van der Waals surface area (Å²) in [7, 11) is -2.39. The molecule has 26 heavy (non-hydrogen) atoms. The van der Waals surface area contributed by atoms with Gasteiger partial charge in [0.2, 0.25) is 10.0 Å². The normalized spacial score (nSPS) is 10.8. The summed E-state index contributed by atoms with van der Waals surface area (Å²) in [4.78, 5) is 35.0. The zero-order valence-corrected chi connectivity index (χ0v) is 15.1. The van der Waals surface area contributed by atoms with Crippen molar-refractivity contribution >= 4 is 44.8 Å². The van der Waals surface area contributed by atoms with Gasteiger partial charge in [-0.05, 0) is 30.3 Å². The summed E-state index contributed by atoms with van der Waals surface area (Å²) < 4.78 is 27.0. The molecule has 1 aromatic heterocycles. The summed E-state index contributed by atoms with van der Waals surface area (Å²) in [6, 6.07) is 7.20. The van der Waals surface area contributed by atoms with Crippen molar-refractivity contribution < 1.29 is 27.5 Å². The van der Waals surface area contributed by atoms with Crippen LogP contribution in [0, 0.1) is 0 Å². The number of carbonyl (C=O) groups excluding carboxylic acids is 3. The van der Waals surface area contributed by atoms with Crippen LogP contribution in [0.3, 0.4) is 0 Å². The molecule has 0 unspecified atom stereocenters. The van der Waals surface area contributed by atoms with E-state index >= 15 is 0 Å². The summed E-state index contributed by atoms with van der Waals surface area (Å²) in [5.41, 5.74) is 0.840. The van der Waals surface area contributed by atoms with Crippen molar-refractivity contribution in [2.75, 3.05) is 19.0 Å². The molecule has 9 nitrogen and oxygen atoms in total. The summed E-state index contributed by atoms with van der Waals surface area (Å²) in [6.07, 6.45) is 0. The van der Waals surface area contributed by atoms with Gasteiger partial charge in [-0.2, -0.15) is 0 Å². The third kappa shape index (κ3) is 5.12. The van der Waals surface area contributed by atoms with E-state index in [2.05, 4.69) is 10.6 Å². The molecule has 0 spiro atoms. The Bertz CT molecular complexity index is 935. The van der Waals surface area contributed by atoms with E-state index in [1.807, 2.05) is 0 Å². The van der Waals surface area contributed by atoms with E-state index in [4.69, 9.17) is 9.88 Å². The predicted molar refractivity (Wildman–Crippen MR) is 94.4 cm³/mol. The van der Waals surface area contributed by atoms with Crippen molar-refractivity contribution in [3.05, 3.63) is 46.8 Å². The number of nitrogens with one attached hydrogen (secondary N) is 2. The smallest absolute Gasteiger partial charge is 0.339 e. The highest BCUT2D eigenvalue weighted by Crippen LogP contribution is 2.19. The van der Waals surface area contributed by atoms with E-state index in [1.54, 1.807) is 0 Å². The Kier molecular flexibility index (Phi) is 6.08. The SMILES string of the molecule is CNC(=O)c1ccc(NC(=O)COC(=O)c2csc(S(N)(=O)=O)c2)cc1. The number of nitrogens with two attached hydrogens (primary N) is 1. The molecule has 0 saturated heterocycles. The van der Waals surface area contributed by atoms with Gasteiger partial charge < -0.3 is 15.4 Å². The van der Waals surface area contributed by atoms with Gasteiger partial charge >= 0.3 is 5.97 Å². The Hall–Kier alpha value is -2.76. The number of carbonyl (C=O) groups is 3. The second kappa shape index (κ2) is 8.08. The van der Waals surface area contributed by atoms with Crippen LogP contribution in [0.1, 0.15) is 20.7 Å². The fraction of sp³-hybridized carbons (Fsp3) is 0.133. The summed E-state index contributed by atoms with van der Waals surface area (Å²) in [6.45, 7) is -0.559. The van der Waals surface area contributed by atoms with Gasteiger partial charge in [0.05, 0.1) is 5.56 Å². The minimum atomic E-state index is -3.90. The number of amides is 2. The summed E-state index contributed by atoms with van der Waals surface area (Å²) >= 11 is 0.780. The van der Waals surface area contributed by atoms with Crippen LogP contribution in [0.15, 0.2) is 39.9 Å². The Balaban J connectivity index is 1.89. The first kappa shape index (κ1) is 19.6. The quantitative estimate of drug-likeness (QED) is 0.607. The van der Waals surface area contributed by atoms with Crippen LogP contribution in [-0.4, -0.2) is 39.9 Å². The first-order chi connectivity index (χ1) is 12.2. The molecular formula is C15H15N3O6S2. The number of rotatable bonds is 6. The van der Waals surface area contributed by atoms with Crippen molar-refractivity contribution in [1.82, 2.24) is 5.32 Å². The third-order valence-corrected chi connectivity index (χ3v) is 5.47. The average Bonchev–Trinajstić information content (AvgIpc) is 3.10. The van der Waals surface area contributed by atoms with Crippen LogP contribution in [-0.2, 0) is 19.6 Å². The highest BCUT2D eigenvalue weighted by molar-refractivity contribution is 7.91. The monoisotopic (exact) mass is 397 g/mol. The molecule has 2 aromatic rings. The number of sulfonamides is 1. The molecule has 0 fully saturated rings. The van der Waals surface area contributed by atoms with E-state index in [0.29, 0.717) is 11.3 Å². The molecule has 0 aliphatic heterocycles. The number of primary sulfonamides is 1. The van der Waals surface area contributed by atoms with Crippen LogP contribution in [0.25, 0.3) is 0 Å². The summed E-state index contributed by atoms with van der Waals surface area (Å²) in [5.74, 6) is -1.69.